The molecular formula is C28H32N6O4. The van der Waals surface area contributed by atoms with Crippen LogP contribution in [0.5, 0.6) is 5.75 Å². The van der Waals surface area contributed by atoms with Crippen molar-refractivity contribution in [2.45, 2.75) is 51.3 Å². The van der Waals surface area contributed by atoms with Gasteiger partial charge in [0.15, 0.2) is 5.75 Å². The Bertz CT molecular complexity index is 1280. The second-order valence-corrected chi connectivity index (χ2v) is 10.7. The van der Waals surface area contributed by atoms with Gasteiger partial charge in [-0.15, -0.1) is 0 Å². The second kappa shape index (κ2) is 9.89. The molecule has 2 aliphatic heterocycles. The summed E-state index contributed by atoms with van der Waals surface area (Å²) in [5, 5.41) is 6.80. The molecule has 0 bridgehead atoms. The van der Waals surface area contributed by atoms with E-state index in [9.17, 15) is 9.59 Å². The van der Waals surface area contributed by atoms with Crippen LogP contribution in [0.3, 0.4) is 0 Å². The number of carbonyl (C=O) groups excluding carboxylic acids is 2. The highest BCUT2D eigenvalue weighted by molar-refractivity contribution is 5.94. The summed E-state index contributed by atoms with van der Waals surface area (Å²) in [6, 6.07) is 13.3. The number of hydrogen-bond donors (Lipinski definition) is 1. The van der Waals surface area contributed by atoms with E-state index in [1.165, 1.54) is 0 Å². The van der Waals surface area contributed by atoms with E-state index >= 15 is 0 Å². The van der Waals surface area contributed by atoms with Crippen LogP contribution < -0.4 is 9.64 Å². The molecule has 10 nitrogen and oxygen atoms in total. The van der Waals surface area contributed by atoms with Gasteiger partial charge in [0, 0.05) is 43.2 Å². The van der Waals surface area contributed by atoms with E-state index in [0.29, 0.717) is 50.6 Å². The summed E-state index contributed by atoms with van der Waals surface area (Å²) in [5.74, 6) is 1.15. The van der Waals surface area contributed by atoms with Gasteiger partial charge in [0.1, 0.15) is 11.4 Å². The average molecular weight is 517 g/mol. The number of rotatable bonds is 5. The van der Waals surface area contributed by atoms with Gasteiger partial charge >= 0.3 is 12.1 Å². The highest BCUT2D eigenvalue weighted by atomic mass is 16.6. The van der Waals surface area contributed by atoms with Gasteiger partial charge in [0.05, 0.1) is 25.4 Å². The van der Waals surface area contributed by atoms with Gasteiger partial charge in [-0.3, -0.25) is 10.00 Å². The quantitative estimate of drug-likeness (QED) is 0.543. The smallest absolute Gasteiger partial charge is 0.410 e. The molecule has 2 aromatic heterocycles. The Balaban J connectivity index is 1.40. The minimum atomic E-state index is -0.563. The van der Waals surface area contributed by atoms with Gasteiger partial charge < -0.3 is 19.3 Å². The first-order valence-corrected chi connectivity index (χ1v) is 12.7. The van der Waals surface area contributed by atoms with Crippen molar-refractivity contribution >= 4 is 17.9 Å². The second-order valence-electron chi connectivity index (χ2n) is 10.7. The van der Waals surface area contributed by atoms with Crippen molar-refractivity contribution in [3.05, 3.63) is 60.6 Å². The molecule has 1 N–H and O–H groups in total. The molecule has 4 heterocycles. The van der Waals surface area contributed by atoms with E-state index in [2.05, 4.69) is 27.3 Å². The molecule has 2 fully saturated rings. The van der Waals surface area contributed by atoms with Crippen LogP contribution in [0.1, 0.15) is 39.2 Å². The Morgan fingerprint density at radius 2 is 1.97 bits per heavy atom. The molecule has 0 aliphatic carbocycles. The number of carbonyl (C=O) groups is 2. The number of H-pyrrole nitrogens is 1. The van der Waals surface area contributed by atoms with Crippen molar-refractivity contribution in [1.29, 1.82) is 0 Å². The monoisotopic (exact) mass is 516 g/mol. The zero-order valence-electron chi connectivity index (χ0n) is 22.2. The molecule has 1 aromatic carbocycles. The molecule has 2 saturated heterocycles. The Morgan fingerprint density at radius 3 is 2.61 bits per heavy atom. The van der Waals surface area contributed by atoms with Crippen LogP contribution >= 0.6 is 0 Å². The summed E-state index contributed by atoms with van der Waals surface area (Å²) in [6.45, 7) is 7.44. The summed E-state index contributed by atoms with van der Waals surface area (Å²) in [6.07, 6.45) is 6.21. The molecule has 0 unspecified atom stereocenters. The molecular weight excluding hydrogens is 484 g/mol. The van der Waals surface area contributed by atoms with Gasteiger partial charge in [-0.05, 0) is 69.5 Å². The number of hydrogen-bond acceptors (Lipinski definition) is 6. The number of anilines is 1. The molecule has 3 amide bonds. The number of methoxy groups -OCH3 is 1. The lowest BCUT2D eigenvalue weighted by molar-refractivity contribution is 0.00785. The summed E-state index contributed by atoms with van der Waals surface area (Å²) in [4.78, 5) is 36.6. The van der Waals surface area contributed by atoms with E-state index in [0.717, 1.165) is 16.7 Å². The van der Waals surface area contributed by atoms with Gasteiger partial charge in [0.2, 0.25) is 0 Å². The molecule has 2 aliphatic rings. The predicted octanol–water partition coefficient (Wildman–Crippen LogP) is 4.29. The fourth-order valence-corrected chi connectivity index (χ4v) is 5.03. The molecule has 0 atom stereocenters. The van der Waals surface area contributed by atoms with Crippen molar-refractivity contribution < 1.29 is 19.1 Å². The molecule has 0 saturated carbocycles. The normalized spacial score (nSPS) is 17.1. The SMILES string of the molecule is COc1c#ccc(CN2C(=O)N(c3ccc(-c4cn[nH]c4)cn3)CC23CCN(C(=O)OC(C)(C)C)CC3)c1. The Hall–Kier alpha value is -4.26. The van der Waals surface area contributed by atoms with Crippen LogP contribution in [0.15, 0.2) is 42.9 Å². The van der Waals surface area contributed by atoms with Crippen molar-refractivity contribution in [3.63, 3.8) is 0 Å². The lowest BCUT2D eigenvalue weighted by Crippen LogP contribution is -2.55. The van der Waals surface area contributed by atoms with Crippen LogP contribution in [-0.4, -0.2) is 75.0 Å². The fourth-order valence-electron chi connectivity index (χ4n) is 5.03. The third kappa shape index (κ3) is 5.09. The van der Waals surface area contributed by atoms with E-state index in [-0.39, 0.29) is 12.1 Å². The van der Waals surface area contributed by atoms with Crippen LogP contribution in [0.25, 0.3) is 11.1 Å². The maximum atomic E-state index is 13.9. The van der Waals surface area contributed by atoms with Gasteiger partial charge in [-0.1, -0.05) is 6.07 Å². The van der Waals surface area contributed by atoms with E-state index < -0.39 is 11.1 Å². The van der Waals surface area contributed by atoms with Crippen LogP contribution in [-0.2, 0) is 11.3 Å². The molecule has 198 valence electrons. The molecule has 3 aromatic rings. The van der Waals surface area contributed by atoms with E-state index in [1.54, 1.807) is 35.5 Å². The molecule has 5 rings (SSSR count). The van der Waals surface area contributed by atoms with Gasteiger partial charge in [-0.2, -0.15) is 5.10 Å². The number of amides is 3. The molecule has 0 radical (unpaired) electrons. The first kappa shape index (κ1) is 25.4. The standard InChI is InChI=1S/C28H32N6O4/c1-27(2,3)38-26(36)32-12-10-28(11-13-32)19-33(24-9-8-21(15-29-24)22-16-30-31-17-22)25(35)34(28)18-20-6-5-7-23(14-20)37-4/h6,8-9,14-17H,10-13,18-19H2,1-4H3,(H,30,31). The number of piperidine rings is 1. The number of urea groups is 1. The Morgan fingerprint density at radius 1 is 1.18 bits per heavy atom. The zero-order chi connectivity index (χ0) is 26.9. The number of pyridine rings is 1. The highest BCUT2D eigenvalue weighted by Gasteiger charge is 2.52. The van der Waals surface area contributed by atoms with E-state index in [1.807, 2.05) is 49.9 Å². The number of aromatic nitrogens is 3. The zero-order valence-corrected chi connectivity index (χ0v) is 22.2. The minimum Gasteiger partial charge on any atom is -0.489 e. The van der Waals surface area contributed by atoms with Crippen molar-refractivity contribution in [3.8, 4) is 16.9 Å². The van der Waals surface area contributed by atoms with Crippen LogP contribution in [0.4, 0.5) is 15.4 Å². The van der Waals surface area contributed by atoms with Gasteiger partial charge in [-0.25, -0.2) is 14.6 Å². The topological polar surface area (TPSA) is 104 Å². The number of aromatic amines is 1. The largest absolute Gasteiger partial charge is 0.489 e. The van der Waals surface area contributed by atoms with E-state index in [4.69, 9.17) is 9.47 Å². The van der Waals surface area contributed by atoms with Crippen molar-refractivity contribution in [2.75, 3.05) is 31.6 Å². The van der Waals surface area contributed by atoms with Gasteiger partial charge in [0.25, 0.3) is 0 Å². The molecule has 38 heavy (non-hydrogen) atoms. The summed E-state index contributed by atoms with van der Waals surface area (Å²) in [5.41, 5.74) is 1.71. The van der Waals surface area contributed by atoms with Crippen LogP contribution in [0, 0.1) is 12.1 Å². The third-order valence-electron chi connectivity index (χ3n) is 7.02. The van der Waals surface area contributed by atoms with Crippen molar-refractivity contribution in [1.82, 2.24) is 25.0 Å². The maximum Gasteiger partial charge on any atom is 0.410 e. The summed E-state index contributed by atoms with van der Waals surface area (Å²) in [7, 11) is 1.58. The molecule has 1 spiro atoms. The lowest BCUT2D eigenvalue weighted by atomic mass is 9.86. The highest BCUT2D eigenvalue weighted by Crippen LogP contribution is 2.39. The number of ether oxygens (including phenoxy) is 2. The average Bonchev–Trinajstić information content (AvgIpc) is 3.52. The maximum absolute atomic E-state index is 13.9. The fraction of sp³-hybridized carbons (Fsp3) is 0.429. The van der Waals surface area contributed by atoms with Crippen LogP contribution in [0.2, 0.25) is 0 Å². The number of likely N-dealkylation sites (tertiary alicyclic amines) is 1. The lowest BCUT2D eigenvalue weighted by Gasteiger charge is -2.43. The Kier molecular flexibility index (Phi) is 6.61. The minimum absolute atomic E-state index is 0.119. The molecule has 10 heteroatoms. The first-order chi connectivity index (χ1) is 18.2. The third-order valence-corrected chi connectivity index (χ3v) is 7.02. The summed E-state index contributed by atoms with van der Waals surface area (Å²) >= 11 is 0. The summed E-state index contributed by atoms with van der Waals surface area (Å²) < 4.78 is 10.9. The number of nitrogens with zero attached hydrogens (tertiary/aromatic N) is 5. The van der Waals surface area contributed by atoms with Crippen molar-refractivity contribution in [2.24, 2.45) is 0 Å². The number of nitrogens with one attached hydrogen (secondary N) is 1. The predicted molar refractivity (Wildman–Crippen MR) is 141 cm³/mol. The first-order valence-electron chi connectivity index (χ1n) is 12.7. The Labute approximate surface area is 222 Å².